The summed E-state index contributed by atoms with van der Waals surface area (Å²) < 4.78 is 11.0. The number of hydrogen-bond donors (Lipinski definition) is 20. The van der Waals surface area contributed by atoms with Crippen molar-refractivity contribution in [3.8, 4) is 0 Å². The number of carboxylic acid groups (broad SMARTS) is 1. The van der Waals surface area contributed by atoms with E-state index in [1.807, 2.05) is 24.5 Å². The number of aliphatic hydroxyl groups excluding tert-OH is 5. The van der Waals surface area contributed by atoms with Crippen LogP contribution in [0.15, 0.2) is 65.7 Å². The minimum absolute atomic E-state index is 0.00165. The summed E-state index contributed by atoms with van der Waals surface area (Å²) in [5.74, 6) is -15.7. The van der Waals surface area contributed by atoms with Gasteiger partial charge in [0.2, 0.25) is 53.2 Å². The van der Waals surface area contributed by atoms with E-state index in [0.717, 1.165) is 6.92 Å². The predicted molar refractivity (Wildman–Crippen MR) is 366 cm³/mol. The predicted octanol–water partition coefficient (Wildman–Crippen LogP) is -3.76. The number of carbonyl (C=O) groups excluding carboxylic acids is 11. The molecule has 101 heavy (non-hydrogen) atoms. The highest BCUT2D eigenvalue weighted by atomic mass is 16.6. The van der Waals surface area contributed by atoms with Gasteiger partial charge in [-0.2, -0.15) is 0 Å². The van der Waals surface area contributed by atoms with Gasteiger partial charge in [-0.1, -0.05) is 136 Å². The number of alkyl carbamates (subject to hydrolysis) is 1. The van der Waals surface area contributed by atoms with Crippen molar-refractivity contribution < 1.29 is 97.6 Å². The second-order valence-electron chi connectivity index (χ2n) is 26.2. The van der Waals surface area contributed by atoms with E-state index in [-0.39, 0.29) is 81.0 Å². The number of carboxylic acids is 1. The highest BCUT2D eigenvalue weighted by Gasteiger charge is 2.42. The first-order chi connectivity index (χ1) is 47.3. The summed E-state index contributed by atoms with van der Waals surface area (Å²) in [6.07, 6.45) is -9.60. The van der Waals surface area contributed by atoms with E-state index in [9.17, 15) is 88.2 Å². The van der Waals surface area contributed by atoms with E-state index in [2.05, 4.69) is 47.5 Å². The molecule has 0 aliphatic heterocycles. The van der Waals surface area contributed by atoms with E-state index in [4.69, 9.17) is 32.4 Å². The van der Waals surface area contributed by atoms with Crippen LogP contribution in [0.4, 0.5) is 4.79 Å². The number of guanidine groups is 1. The van der Waals surface area contributed by atoms with Crippen LogP contribution in [0.2, 0.25) is 0 Å². The number of ether oxygens (including phenoxy) is 2. The molecular weight excluding hydrogens is 1320 g/mol. The lowest BCUT2D eigenvalue weighted by Gasteiger charge is -2.32. The molecule has 0 aromatic heterocycles. The van der Waals surface area contributed by atoms with Gasteiger partial charge in [0.25, 0.3) is 0 Å². The number of aliphatic carboxylic acids is 1. The molecule has 566 valence electrons. The summed E-state index contributed by atoms with van der Waals surface area (Å²) in [4.78, 5) is 167. The fourth-order valence-electron chi connectivity index (χ4n) is 10.0. The Morgan fingerprint density at radius 2 is 1.08 bits per heavy atom. The van der Waals surface area contributed by atoms with E-state index >= 15 is 0 Å². The normalized spacial score (nSPS) is 16.2. The van der Waals surface area contributed by atoms with Crippen molar-refractivity contribution in [3.05, 3.63) is 71.8 Å². The van der Waals surface area contributed by atoms with Crippen LogP contribution in [0.25, 0.3) is 0 Å². The van der Waals surface area contributed by atoms with Gasteiger partial charge in [-0.3, -0.25) is 53.5 Å². The number of aliphatic hydroxyl groups is 5. The number of rotatable bonds is 45. The molecule has 0 bridgehead atoms. The fourth-order valence-corrected chi connectivity index (χ4v) is 10.0. The molecule has 0 spiro atoms. The lowest BCUT2D eigenvalue weighted by atomic mass is 9.96. The smallest absolute Gasteiger partial charge is 0.407 e. The van der Waals surface area contributed by atoms with Crippen molar-refractivity contribution in [1.82, 2.24) is 53.2 Å². The Bertz CT molecular complexity index is 3050. The average molecular weight is 1430 g/mol. The maximum absolute atomic E-state index is 14.3. The lowest BCUT2D eigenvalue weighted by Crippen LogP contribution is -2.62. The molecule has 2 aromatic rings. The Kier molecular flexibility index (Phi) is 38.5. The first kappa shape index (κ1) is 88.0. The zero-order chi connectivity index (χ0) is 76.5. The largest absolute Gasteiger partial charge is 0.480 e. The fraction of sp³-hybridized carbons (Fsp3) is 0.621. The number of benzene rings is 2. The minimum atomic E-state index is -2.59. The molecule has 24 N–H and O–H groups in total. The summed E-state index contributed by atoms with van der Waals surface area (Å²) in [6, 6.07) is -0.787. The zero-order valence-corrected chi connectivity index (χ0v) is 59.0. The molecule has 2 unspecified atom stereocenters. The van der Waals surface area contributed by atoms with Gasteiger partial charge in [-0.25, -0.2) is 14.4 Å². The van der Waals surface area contributed by atoms with Crippen LogP contribution >= 0.6 is 0 Å². The number of carbonyl (C=O) groups is 12. The second-order valence-corrected chi connectivity index (χ2v) is 26.2. The number of amides is 10. The Balaban J connectivity index is 2.38. The van der Waals surface area contributed by atoms with Gasteiger partial charge < -0.3 is 111 Å². The maximum atomic E-state index is 14.3. The number of hydrogen-bond acceptors (Lipinski definition) is 22. The van der Waals surface area contributed by atoms with Crippen molar-refractivity contribution in [3.63, 3.8) is 0 Å². The third kappa shape index (κ3) is 31.1. The first-order valence-corrected chi connectivity index (χ1v) is 33.4. The van der Waals surface area contributed by atoms with Gasteiger partial charge in [-0.15, -0.1) is 0 Å². The summed E-state index contributed by atoms with van der Waals surface area (Å²) in [6.45, 7) is 15.7. The average Bonchev–Trinajstić information content (AvgIpc) is 0.832. The molecule has 2 rings (SSSR count). The highest BCUT2D eigenvalue weighted by Crippen LogP contribution is 2.24. The van der Waals surface area contributed by atoms with Crippen LogP contribution in [0.3, 0.4) is 0 Å². The van der Waals surface area contributed by atoms with Gasteiger partial charge in [0.15, 0.2) is 30.3 Å². The second kappa shape index (κ2) is 44.2. The molecule has 0 saturated heterocycles. The van der Waals surface area contributed by atoms with E-state index in [1.54, 1.807) is 85.7 Å². The van der Waals surface area contributed by atoms with E-state index in [1.165, 1.54) is 30.3 Å². The molecule has 0 aliphatic rings. The molecule has 0 aliphatic carbocycles. The number of nitrogens with two attached hydrogens (primary N) is 4. The van der Waals surface area contributed by atoms with Crippen LogP contribution in [0, 0.1) is 29.6 Å². The summed E-state index contributed by atoms with van der Waals surface area (Å²) in [7, 11) is 0. The Morgan fingerprint density at radius 1 is 0.564 bits per heavy atom. The van der Waals surface area contributed by atoms with Gasteiger partial charge in [0.05, 0.1) is 37.4 Å². The SMILES string of the molecule is CC[C@H](C)[C@H](NC(=O)[C@@H](CCCN=C(N)N)NC(=O)[C@H](CC(C)C)NC(=O)[C@@H](N)[C@H](O)C(C)C)C(=O)N[C@H](C(=O)NCC(=O)N[C@H](C(=O)NC(CO)C(=O)O[C@H](c1ccccc1)[C@H](NC(=O)[C@H](CC(C)C)NC(O)[C@@H](CC(C)C)NC(=O)OCc1ccccc1)C(=O)O)[C@H](O)C(N)=O)[C@H](C)O. The van der Waals surface area contributed by atoms with Gasteiger partial charge in [-0.05, 0) is 79.7 Å². The van der Waals surface area contributed by atoms with Crippen molar-refractivity contribution in [2.24, 2.45) is 57.5 Å². The molecule has 2 aromatic carbocycles. The summed E-state index contributed by atoms with van der Waals surface area (Å²) in [5, 5.41) is 88.7. The number of aliphatic imine (C=N–C) groups is 1. The number of esters is 1. The van der Waals surface area contributed by atoms with Crippen molar-refractivity contribution >= 4 is 77.2 Å². The van der Waals surface area contributed by atoms with Gasteiger partial charge in [0.1, 0.15) is 49.1 Å². The number of nitrogens with zero attached hydrogens (tertiary/aromatic N) is 1. The lowest BCUT2D eigenvalue weighted by molar-refractivity contribution is -0.161. The van der Waals surface area contributed by atoms with Crippen LogP contribution < -0.4 is 76.1 Å². The molecular formula is C66H107N15O20. The Hall–Kier alpha value is -9.13. The molecule has 35 nitrogen and oxygen atoms in total. The van der Waals surface area contributed by atoms with Gasteiger partial charge in [0, 0.05) is 6.54 Å². The van der Waals surface area contributed by atoms with Crippen molar-refractivity contribution in [2.45, 2.75) is 212 Å². The van der Waals surface area contributed by atoms with Crippen LogP contribution in [-0.2, 0) is 68.8 Å². The molecule has 0 saturated carbocycles. The molecule has 0 heterocycles. The molecule has 0 fully saturated rings. The standard InChI is InChI=1S/C66H107N15O20/c1-12-36(10)47(79-55(88)40(24-19-25-71-65(69)70)73-56(89)41(26-32(2)3)75-59(92)46(67)51(85)35(8)9)61(94)80-48(37(11)83)60(93)72-29-45(84)78-49(52(86)54(68)87)62(95)76-44(30-82)64(98)101-53(39-22-17-14-18-23-39)50(63(96)97)81-58(91)42(27-33(4)5)74-57(90)43(28-34(6)7)77-66(99)100-31-38-20-15-13-16-21-38/h13-18,20-23,32-37,40-44,46-53,57,74,82-83,85-86,90H,12,19,24-31,67H2,1-11H3,(H2,68,87)(H,72,93)(H,73,89)(H,75,92)(H,76,95)(H,77,99)(H,78,84)(H,79,88)(H,80,94)(H,81,91)(H,96,97)(H4,69,70,71)/t36-,37-,40+,41-,42-,43+,44?,46-,47-,48-,49-,50-,51+,52-,53+,57?/m0/s1. The van der Waals surface area contributed by atoms with E-state index in [0.29, 0.717) is 5.56 Å². The van der Waals surface area contributed by atoms with Crippen LogP contribution in [0.1, 0.15) is 132 Å². The van der Waals surface area contributed by atoms with Crippen molar-refractivity contribution in [2.75, 3.05) is 19.7 Å². The van der Waals surface area contributed by atoms with E-state index < -0.39 is 187 Å². The third-order valence-electron chi connectivity index (χ3n) is 15.8. The zero-order valence-electron chi connectivity index (χ0n) is 59.0. The quantitative estimate of drug-likeness (QED) is 0.00995. The van der Waals surface area contributed by atoms with Gasteiger partial charge >= 0.3 is 18.0 Å². The topological polar surface area (TPSA) is 581 Å². The van der Waals surface area contributed by atoms with Crippen molar-refractivity contribution in [1.29, 1.82) is 0 Å². The number of primary amides is 1. The van der Waals surface area contributed by atoms with Crippen LogP contribution in [0.5, 0.6) is 0 Å². The summed E-state index contributed by atoms with van der Waals surface area (Å²) in [5.41, 5.74) is 23.0. The Morgan fingerprint density at radius 3 is 1.60 bits per heavy atom. The van der Waals surface area contributed by atoms with Crippen LogP contribution in [-0.4, -0.2) is 212 Å². The maximum Gasteiger partial charge on any atom is 0.407 e. The highest BCUT2D eigenvalue weighted by molar-refractivity contribution is 5.99. The Labute approximate surface area is 587 Å². The summed E-state index contributed by atoms with van der Waals surface area (Å²) >= 11 is 0. The molecule has 10 amide bonds. The molecule has 35 heteroatoms. The molecule has 16 atom stereocenters. The molecule has 0 radical (unpaired) electrons. The third-order valence-corrected chi connectivity index (χ3v) is 15.8. The number of nitrogens with one attached hydrogen (secondary N) is 10. The first-order valence-electron chi connectivity index (χ1n) is 33.4. The minimum Gasteiger partial charge on any atom is -0.480 e. The monoisotopic (exact) mass is 1430 g/mol.